The van der Waals surface area contributed by atoms with Crippen molar-refractivity contribution in [3.05, 3.63) is 0 Å². The maximum absolute atomic E-state index is 12.3. The van der Waals surface area contributed by atoms with Crippen molar-refractivity contribution in [3.63, 3.8) is 0 Å². The fourth-order valence-electron chi connectivity index (χ4n) is 3.02. The molecule has 1 saturated carbocycles. The molecule has 0 radical (unpaired) electrons. The molecule has 1 saturated heterocycles. The molecular formula is C12H23FN2. The van der Waals surface area contributed by atoms with Crippen LogP contribution in [0.25, 0.3) is 0 Å². The zero-order valence-electron chi connectivity index (χ0n) is 9.55. The first-order valence-corrected chi connectivity index (χ1v) is 6.42. The minimum absolute atomic E-state index is 0.197. The van der Waals surface area contributed by atoms with E-state index in [0.717, 1.165) is 25.6 Å². The Morgan fingerprint density at radius 1 is 1.20 bits per heavy atom. The Morgan fingerprint density at radius 3 is 2.73 bits per heavy atom. The van der Waals surface area contributed by atoms with E-state index in [4.69, 9.17) is 0 Å². The Balaban J connectivity index is 1.80. The van der Waals surface area contributed by atoms with Gasteiger partial charge >= 0.3 is 0 Å². The Bertz CT molecular complexity index is 178. The van der Waals surface area contributed by atoms with Crippen LogP contribution in [0.4, 0.5) is 4.39 Å². The van der Waals surface area contributed by atoms with Crippen LogP contribution in [0.15, 0.2) is 0 Å². The van der Waals surface area contributed by atoms with Crippen molar-refractivity contribution in [1.29, 1.82) is 0 Å². The highest BCUT2D eigenvalue weighted by atomic mass is 19.1. The maximum atomic E-state index is 12.3. The van der Waals surface area contributed by atoms with Crippen molar-refractivity contribution < 1.29 is 4.39 Å². The summed E-state index contributed by atoms with van der Waals surface area (Å²) < 4.78 is 12.3. The summed E-state index contributed by atoms with van der Waals surface area (Å²) in [5, 5.41) is 3.61. The zero-order valence-corrected chi connectivity index (χ0v) is 9.55. The molecule has 0 aromatic heterocycles. The molecule has 1 aliphatic heterocycles. The first-order valence-electron chi connectivity index (χ1n) is 6.42. The molecule has 2 aliphatic rings. The van der Waals surface area contributed by atoms with Crippen LogP contribution in [-0.2, 0) is 0 Å². The highest BCUT2D eigenvalue weighted by Gasteiger charge is 2.27. The minimum atomic E-state index is -0.197. The van der Waals surface area contributed by atoms with Crippen LogP contribution in [0.3, 0.4) is 0 Å². The van der Waals surface area contributed by atoms with Crippen molar-refractivity contribution >= 4 is 0 Å². The lowest BCUT2D eigenvalue weighted by Gasteiger charge is -2.39. The molecule has 1 heterocycles. The summed E-state index contributed by atoms with van der Waals surface area (Å²) in [4.78, 5) is 2.27. The fourth-order valence-corrected chi connectivity index (χ4v) is 3.02. The van der Waals surface area contributed by atoms with E-state index in [1.165, 1.54) is 32.1 Å². The van der Waals surface area contributed by atoms with Crippen LogP contribution in [0, 0.1) is 5.92 Å². The van der Waals surface area contributed by atoms with Crippen LogP contribution in [-0.4, -0.2) is 43.8 Å². The summed E-state index contributed by atoms with van der Waals surface area (Å²) in [6, 6.07) is 0.630. The van der Waals surface area contributed by atoms with Crippen molar-refractivity contribution in [2.24, 2.45) is 5.92 Å². The highest BCUT2D eigenvalue weighted by molar-refractivity contribution is 4.85. The molecule has 1 atom stereocenters. The number of alkyl halides is 1. The van der Waals surface area contributed by atoms with Gasteiger partial charge in [-0.15, -0.1) is 0 Å². The van der Waals surface area contributed by atoms with Crippen molar-refractivity contribution in [1.82, 2.24) is 10.2 Å². The first kappa shape index (κ1) is 11.3. The number of piperazine rings is 1. The molecule has 0 amide bonds. The number of hydrogen-bond acceptors (Lipinski definition) is 2. The van der Waals surface area contributed by atoms with E-state index in [1.54, 1.807) is 0 Å². The average Bonchev–Trinajstić information content (AvgIpc) is 2.31. The Kier molecular flexibility index (Phi) is 4.39. The van der Waals surface area contributed by atoms with Gasteiger partial charge in [-0.3, -0.25) is 4.90 Å². The molecule has 0 bridgehead atoms. The Labute approximate surface area is 92.2 Å². The molecule has 88 valence electrons. The van der Waals surface area contributed by atoms with Gasteiger partial charge in [-0.1, -0.05) is 19.3 Å². The smallest absolute Gasteiger partial charge is 0.102 e. The minimum Gasteiger partial charge on any atom is -0.311 e. The zero-order chi connectivity index (χ0) is 10.5. The van der Waals surface area contributed by atoms with Crippen LogP contribution in [0.1, 0.15) is 32.1 Å². The van der Waals surface area contributed by atoms with E-state index >= 15 is 0 Å². The van der Waals surface area contributed by atoms with E-state index in [2.05, 4.69) is 10.2 Å². The number of nitrogens with one attached hydrogen (secondary N) is 1. The fraction of sp³-hybridized carbons (Fsp3) is 1.00. The van der Waals surface area contributed by atoms with Gasteiger partial charge in [-0.25, -0.2) is 4.39 Å². The summed E-state index contributed by atoms with van der Waals surface area (Å²) in [5.41, 5.74) is 0. The van der Waals surface area contributed by atoms with Gasteiger partial charge in [0.2, 0.25) is 0 Å². The van der Waals surface area contributed by atoms with E-state index < -0.39 is 0 Å². The molecule has 2 fully saturated rings. The monoisotopic (exact) mass is 214 g/mol. The van der Waals surface area contributed by atoms with Gasteiger partial charge in [0.1, 0.15) is 6.67 Å². The Morgan fingerprint density at radius 2 is 2.00 bits per heavy atom. The molecule has 15 heavy (non-hydrogen) atoms. The number of nitrogens with zero attached hydrogens (tertiary/aromatic N) is 1. The van der Waals surface area contributed by atoms with Gasteiger partial charge in [-0.05, 0) is 18.8 Å². The van der Waals surface area contributed by atoms with Gasteiger partial charge in [-0.2, -0.15) is 0 Å². The molecule has 1 N–H and O–H groups in total. The van der Waals surface area contributed by atoms with Gasteiger partial charge < -0.3 is 5.32 Å². The second-order valence-corrected chi connectivity index (χ2v) is 4.95. The third kappa shape index (κ3) is 3.15. The third-order valence-corrected chi connectivity index (χ3v) is 3.91. The van der Waals surface area contributed by atoms with Gasteiger partial charge in [0.15, 0.2) is 0 Å². The molecule has 0 spiro atoms. The van der Waals surface area contributed by atoms with Gasteiger partial charge in [0.25, 0.3) is 0 Å². The quantitative estimate of drug-likeness (QED) is 0.771. The predicted molar refractivity (Wildman–Crippen MR) is 60.8 cm³/mol. The lowest BCUT2D eigenvalue weighted by Crippen LogP contribution is -2.54. The van der Waals surface area contributed by atoms with Crippen LogP contribution in [0.5, 0.6) is 0 Å². The molecule has 0 aromatic carbocycles. The van der Waals surface area contributed by atoms with Crippen molar-refractivity contribution in [3.8, 4) is 0 Å². The van der Waals surface area contributed by atoms with Crippen LogP contribution >= 0.6 is 0 Å². The Hall–Kier alpha value is -0.150. The average molecular weight is 214 g/mol. The molecule has 2 nitrogen and oxygen atoms in total. The maximum Gasteiger partial charge on any atom is 0.102 e. The lowest BCUT2D eigenvalue weighted by molar-refractivity contribution is 0.139. The summed E-state index contributed by atoms with van der Waals surface area (Å²) in [7, 11) is 0. The van der Waals surface area contributed by atoms with Crippen molar-refractivity contribution in [2.45, 2.75) is 38.1 Å². The largest absolute Gasteiger partial charge is 0.311 e. The lowest BCUT2D eigenvalue weighted by atomic mass is 9.83. The molecular weight excluding hydrogens is 191 g/mol. The topological polar surface area (TPSA) is 15.3 Å². The first-order chi connectivity index (χ1) is 7.40. The molecule has 3 heteroatoms. The summed E-state index contributed by atoms with van der Waals surface area (Å²) >= 11 is 0. The number of halogens is 1. The van der Waals surface area contributed by atoms with Gasteiger partial charge in [0.05, 0.1) is 0 Å². The van der Waals surface area contributed by atoms with E-state index in [9.17, 15) is 4.39 Å². The van der Waals surface area contributed by atoms with Crippen LogP contribution < -0.4 is 5.32 Å². The normalized spacial score (nSPS) is 30.6. The second kappa shape index (κ2) is 5.80. The highest BCUT2D eigenvalue weighted by Crippen LogP contribution is 2.27. The van der Waals surface area contributed by atoms with E-state index in [0.29, 0.717) is 12.6 Å². The molecule has 0 aromatic rings. The number of hydrogen-bond donors (Lipinski definition) is 1. The van der Waals surface area contributed by atoms with Crippen LogP contribution in [0.2, 0.25) is 0 Å². The van der Waals surface area contributed by atoms with Crippen molar-refractivity contribution in [2.75, 3.05) is 32.9 Å². The second-order valence-electron chi connectivity index (χ2n) is 4.95. The summed E-state index contributed by atoms with van der Waals surface area (Å²) in [6.07, 6.45) is 6.96. The summed E-state index contributed by atoms with van der Waals surface area (Å²) in [6.45, 7) is 3.56. The molecule has 2 rings (SSSR count). The predicted octanol–water partition coefficient (Wildman–Crippen LogP) is 1.81. The summed E-state index contributed by atoms with van der Waals surface area (Å²) in [5.74, 6) is 0.848. The molecule has 1 unspecified atom stereocenters. The standard InChI is InChI=1S/C12H23FN2/c13-6-8-15-9-7-14-12(10-15)11-4-2-1-3-5-11/h11-12,14H,1-10H2. The van der Waals surface area contributed by atoms with Gasteiger partial charge in [0, 0.05) is 32.2 Å². The SMILES string of the molecule is FCCN1CCNC(C2CCCCC2)C1. The number of rotatable bonds is 3. The third-order valence-electron chi connectivity index (χ3n) is 3.91. The van der Waals surface area contributed by atoms with E-state index in [-0.39, 0.29) is 6.67 Å². The molecule has 1 aliphatic carbocycles. The van der Waals surface area contributed by atoms with E-state index in [1.807, 2.05) is 0 Å².